The quantitative estimate of drug-likeness (QED) is 0.463. The Hall–Kier alpha value is -4.25. The van der Waals surface area contributed by atoms with Crippen LogP contribution in [0.25, 0.3) is 11.8 Å². The van der Waals surface area contributed by atoms with Crippen molar-refractivity contribution in [2.24, 2.45) is 0 Å². The highest BCUT2D eigenvalue weighted by Crippen LogP contribution is 2.35. The lowest BCUT2D eigenvalue weighted by atomic mass is 10.1. The average molecular weight is 418 g/mol. The van der Waals surface area contributed by atoms with Crippen molar-refractivity contribution in [1.29, 1.82) is 5.26 Å². The number of amides is 1. The Labute approximate surface area is 180 Å². The minimum atomic E-state index is -0.573. The number of ether oxygens (including phenoxy) is 3. The first-order chi connectivity index (χ1) is 15.0. The van der Waals surface area contributed by atoms with Crippen molar-refractivity contribution in [2.75, 3.05) is 26.6 Å². The van der Waals surface area contributed by atoms with Gasteiger partial charge >= 0.3 is 0 Å². The average Bonchev–Trinajstić information content (AvgIpc) is 3.17. The third-order valence-electron chi connectivity index (χ3n) is 4.47. The summed E-state index contributed by atoms with van der Waals surface area (Å²) in [5.41, 5.74) is 1.90. The van der Waals surface area contributed by atoms with Crippen molar-refractivity contribution in [2.45, 2.75) is 6.92 Å². The molecule has 1 aromatic heterocycles. The molecule has 0 aliphatic rings. The number of aryl methyl sites for hydroxylation is 1. The third kappa shape index (κ3) is 4.67. The van der Waals surface area contributed by atoms with E-state index in [0.29, 0.717) is 28.6 Å². The molecule has 3 aromatic rings. The van der Waals surface area contributed by atoms with Gasteiger partial charge < -0.3 is 19.5 Å². The fourth-order valence-electron chi connectivity index (χ4n) is 3.01. The molecule has 0 saturated carbocycles. The highest BCUT2D eigenvalue weighted by Gasteiger charge is 2.17. The first-order valence-electron chi connectivity index (χ1n) is 9.36. The minimum Gasteiger partial charge on any atom is -0.496 e. The summed E-state index contributed by atoms with van der Waals surface area (Å²) in [7, 11) is 4.51. The van der Waals surface area contributed by atoms with Crippen molar-refractivity contribution in [1.82, 2.24) is 9.78 Å². The molecule has 0 atom stereocenters. The van der Waals surface area contributed by atoms with E-state index < -0.39 is 5.91 Å². The number of nitriles is 1. The summed E-state index contributed by atoms with van der Waals surface area (Å²) in [6.45, 7) is 1.82. The molecule has 2 aromatic carbocycles. The van der Waals surface area contributed by atoms with Crippen LogP contribution in [0, 0.1) is 18.3 Å². The van der Waals surface area contributed by atoms with Gasteiger partial charge in [0.1, 0.15) is 23.2 Å². The number of hydrogen-bond donors (Lipinski definition) is 1. The number of aromatic nitrogens is 2. The van der Waals surface area contributed by atoms with Crippen LogP contribution >= 0.6 is 0 Å². The van der Waals surface area contributed by atoms with Crippen LogP contribution in [0.2, 0.25) is 0 Å². The number of nitrogens with one attached hydrogen (secondary N) is 1. The Balaban J connectivity index is 1.96. The molecular weight excluding hydrogens is 396 g/mol. The molecule has 31 heavy (non-hydrogen) atoms. The molecule has 0 aliphatic carbocycles. The van der Waals surface area contributed by atoms with E-state index in [2.05, 4.69) is 10.4 Å². The van der Waals surface area contributed by atoms with Gasteiger partial charge in [-0.15, -0.1) is 0 Å². The largest absolute Gasteiger partial charge is 0.496 e. The molecule has 0 spiro atoms. The van der Waals surface area contributed by atoms with Crippen LogP contribution < -0.4 is 19.5 Å². The number of para-hydroxylation sites is 1. The van der Waals surface area contributed by atoms with E-state index in [0.717, 1.165) is 11.4 Å². The number of benzene rings is 2. The molecule has 8 heteroatoms. The topological polar surface area (TPSA) is 98.4 Å². The van der Waals surface area contributed by atoms with Gasteiger partial charge in [-0.1, -0.05) is 18.2 Å². The third-order valence-corrected chi connectivity index (χ3v) is 4.47. The van der Waals surface area contributed by atoms with Crippen molar-refractivity contribution in [3.05, 3.63) is 65.4 Å². The fourth-order valence-corrected chi connectivity index (χ4v) is 3.01. The van der Waals surface area contributed by atoms with Crippen LogP contribution in [-0.4, -0.2) is 37.0 Å². The number of methoxy groups -OCH3 is 3. The SMILES string of the molecule is COc1cc(OC)c(OC)cc1C=C(C#N)C(=O)Nc1cc(C)nn1-c1ccccc1. The second kappa shape index (κ2) is 9.50. The van der Waals surface area contributed by atoms with E-state index in [-0.39, 0.29) is 5.57 Å². The number of nitrogens with zero attached hydrogens (tertiary/aromatic N) is 3. The van der Waals surface area contributed by atoms with Gasteiger partial charge in [-0.3, -0.25) is 4.79 Å². The summed E-state index contributed by atoms with van der Waals surface area (Å²) in [5.74, 6) is 1.24. The lowest BCUT2D eigenvalue weighted by molar-refractivity contribution is -0.112. The van der Waals surface area contributed by atoms with E-state index in [1.54, 1.807) is 22.9 Å². The van der Waals surface area contributed by atoms with Crippen molar-refractivity contribution in [3.8, 4) is 29.0 Å². The van der Waals surface area contributed by atoms with E-state index in [9.17, 15) is 10.1 Å². The molecule has 1 heterocycles. The number of rotatable bonds is 7. The maximum absolute atomic E-state index is 12.9. The molecule has 0 fully saturated rings. The predicted octanol–water partition coefficient (Wildman–Crippen LogP) is 3.75. The Kier molecular flexibility index (Phi) is 6.58. The van der Waals surface area contributed by atoms with Gasteiger partial charge in [-0.2, -0.15) is 10.4 Å². The summed E-state index contributed by atoms with van der Waals surface area (Å²) in [6.07, 6.45) is 1.44. The van der Waals surface area contributed by atoms with E-state index in [1.165, 1.54) is 27.4 Å². The zero-order valence-electron chi connectivity index (χ0n) is 17.7. The summed E-state index contributed by atoms with van der Waals surface area (Å²) < 4.78 is 17.6. The number of anilines is 1. The predicted molar refractivity (Wildman–Crippen MR) is 117 cm³/mol. The molecule has 158 valence electrons. The Bertz CT molecular complexity index is 1160. The van der Waals surface area contributed by atoms with Crippen LogP contribution in [-0.2, 0) is 4.79 Å². The second-order valence-corrected chi connectivity index (χ2v) is 6.49. The van der Waals surface area contributed by atoms with Crippen LogP contribution in [0.4, 0.5) is 5.82 Å². The van der Waals surface area contributed by atoms with Crippen LogP contribution in [0.15, 0.2) is 54.1 Å². The zero-order valence-corrected chi connectivity index (χ0v) is 17.7. The molecule has 1 amide bonds. The number of hydrogen-bond acceptors (Lipinski definition) is 6. The summed E-state index contributed by atoms with van der Waals surface area (Å²) >= 11 is 0. The number of carbonyl (C=O) groups is 1. The van der Waals surface area contributed by atoms with E-state index >= 15 is 0 Å². The lowest BCUT2D eigenvalue weighted by Crippen LogP contribution is -2.16. The Morgan fingerprint density at radius 2 is 1.68 bits per heavy atom. The maximum atomic E-state index is 12.9. The van der Waals surface area contributed by atoms with Crippen LogP contribution in [0.1, 0.15) is 11.3 Å². The van der Waals surface area contributed by atoms with Crippen molar-refractivity contribution < 1.29 is 19.0 Å². The summed E-state index contributed by atoms with van der Waals surface area (Å²) in [4.78, 5) is 12.9. The van der Waals surface area contributed by atoms with Gasteiger partial charge in [0.25, 0.3) is 5.91 Å². The van der Waals surface area contributed by atoms with Gasteiger partial charge in [0, 0.05) is 17.7 Å². The molecule has 3 rings (SSSR count). The molecule has 0 radical (unpaired) electrons. The first kappa shape index (κ1) is 21.5. The Morgan fingerprint density at radius 3 is 2.29 bits per heavy atom. The highest BCUT2D eigenvalue weighted by molar-refractivity contribution is 6.09. The zero-order chi connectivity index (χ0) is 22.4. The van der Waals surface area contributed by atoms with Gasteiger partial charge in [-0.05, 0) is 31.2 Å². The molecule has 8 nitrogen and oxygen atoms in total. The summed E-state index contributed by atoms with van der Waals surface area (Å²) in [6, 6.07) is 16.3. The molecule has 1 N–H and O–H groups in total. The second-order valence-electron chi connectivity index (χ2n) is 6.49. The Morgan fingerprint density at radius 1 is 1.03 bits per heavy atom. The minimum absolute atomic E-state index is 0.107. The van der Waals surface area contributed by atoms with Gasteiger partial charge in [0.2, 0.25) is 0 Å². The monoisotopic (exact) mass is 418 g/mol. The lowest BCUT2D eigenvalue weighted by Gasteiger charge is -2.12. The highest BCUT2D eigenvalue weighted by atomic mass is 16.5. The van der Waals surface area contributed by atoms with Crippen LogP contribution in [0.5, 0.6) is 17.2 Å². The van der Waals surface area contributed by atoms with Gasteiger partial charge in [0.05, 0.1) is 32.7 Å². The molecule has 0 bridgehead atoms. The van der Waals surface area contributed by atoms with E-state index in [4.69, 9.17) is 14.2 Å². The number of carbonyl (C=O) groups excluding carboxylic acids is 1. The van der Waals surface area contributed by atoms with Gasteiger partial charge in [0.15, 0.2) is 11.5 Å². The fraction of sp³-hybridized carbons (Fsp3) is 0.174. The normalized spacial score (nSPS) is 10.9. The molecule has 0 unspecified atom stereocenters. The van der Waals surface area contributed by atoms with E-state index in [1.807, 2.05) is 43.3 Å². The molecule has 0 saturated heterocycles. The first-order valence-corrected chi connectivity index (χ1v) is 9.36. The van der Waals surface area contributed by atoms with Gasteiger partial charge in [-0.25, -0.2) is 4.68 Å². The molecule has 0 aliphatic heterocycles. The standard InChI is InChI=1S/C23H22N4O4/c1-15-10-22(27(26-15)18-8-6-5-7-9-18)25-23(28)17(14-24)11-16-12-20(30-3)21(31-4)13-19(16)29-2/h5-13H,1-4H3,(H,25,28). The smallest absolute Gasteiger partial charge is 0.267 e. The van der Waals surface area contributed by atoms with Crippen LogP contribution in [0.3, 0.4) is 0 Å². The van der Waals surface area contributed by atoms with Crippen molar-refractivity contribution >= 4 is 17.8 Å². The summed E-state index contributed by atoms with van der Waals surface area (Å²) in [5, 5.41) is 16.8. The van der Waals surface area contributed by atoms with Crippen molar-refractivity contribution in [3.63, 3.8) is 0 Å². The molecular formula is C23H22N4O4. The maximum Gasteiger partial charge on any atom is 0.267 e.